The summed E-state index contributed by atoms with van der Waals surface area (Å²) in [6.45, 7) is 3.69. The van der Waals surface area contributed by atoms with E-state index in [0.717, 1.165) is 5.56 Å². The minimum absolute atomic E-state index is 0.0822. The van der Waals surface area contributed by atoms with Crippen molar-refractivity contribution in [3.05, 3.63) is 35.9 Å². The Labute approximate surface area is 149 Å². The van der Waals surface area contributed by atoms with Gasteiger partial charge in [0.25, 0.3) is 11.6 Å². The quantitative estimate of drug-likeness (QED) is 0.824. The lowest BCUT2D eigenvalue weighted by Crippen LogP contribution is -2.57. The van der Waals surface area contributed by atoms with Crippen LogP contribution < -0.4 is 0 Å². The van der Waals surface area contributed by atoms with Gasteiger partial charge in [0.1, 0.15) is 0 Å². The van der Waals surface area contributed by atoms with Crippen LogP contribution in [0.2, 0.25) is 0 Å². The predicted molar refractivity (Wildman–Crippen MR) is 92.0 cm³/mol. The van der Waals surface area contributed by atoms with Crippen LogP contribution in [0.15, 0.2) is 35.4 Å². The Morgan fingerprint density at radius 1 is 1.36 bits per heavy atom. The number of carbonyl (C=O) groups excluding carboxylic acids is 1. The molecule has 0 spiro atoms. The average molecular weight is 374 g/mol. The number of amides is 1. The van der Waals surface area contributed by atoms with E-state index in [4.69, 9.17) is 0 Å². The molecule has 2 rings (SSSR count). The van der Waals surface area contributed by atoms with E-state index in [1.807, 2.05) is 44.2 Å². The Morgan fingerprint density at radius 2 is 2.00 bits per heavy atom. The van der Waals surface area contributed by atoms with Crippen LogP contribution in [0, 0.1) is 5.92 Å². The number of benzene rings is 1. The van der Waals surface area contributed by atoms with Crippen LogP contribution in [0.1, 0.15) is 32.3 Å². The molecule has 0 aliphatic carbocycles. The van der Waals surface area contributed by atoms with Crippen molar-refractivity contribution in [2.45, 2.75) is 44.3 Å². The Hall–Kier alpha value is -1.54. The molecule has 25 heavy (non-hydrogen) atoms. The first kappa shape index (κ1) is 19.8. The first-order valence-corrected chi connectivity index (χ1v) is 9.09. The van der Waals surface area contributed by atoms with Crippen molar-refractivity contribution in [2.75, 3.05) is 5.75 Å². The van der Waals surface area contributed by atoms with E-state index < -0.39 is 24.2 Å². The number of nitrogens with zero attached hydrogens (tertiary/aromatic N) is 2. The van der Waals surface area contributed by atoms with Crippen molar-refractivity contribution < 1.29 is 23.1 Å². The maximum absolute atomic E-state index is 13.3. The van der Waals surface area contributed by atoms with Gasteiger partial charge in [0.15, 0.2) is 0 Å². The SMILES string of the molecule is CC(C)CC1=NN(C(=O)CSCc2ccccc2)[C@@](O)(C(F)(F)F)C1. The Bertz CT molecular complexity index is 635. The lowest BCUT2D eigenvalue weighted by Gasteiger charge is -2.32. The smallest absolute Gasteiger partial charge is 0.362 e. The number of carbonyl (C=O) groups is 1. The summed E-state index contributed by atoms with van der Waals surface area (Å²) in [5, 5.41) is 14.1. The van der Waals surface area contributed by atoms with Crippen molar-refractivity contribution in [3.8, 4) is 0 Å². The zero-order valence-corrected chi connectivity index (χ0v) is 14.9. The normalized spacial score (nSPS) is 20.9. The van der Waals surface area contributed by atoms with Crippen molar-refractivity contribution in [1.29, 1.82) is 0 Å². The molecule has 1 aromatic rings. The molecule has 0 bridgehead atoms. The lowest BCUT2D eigenvalue weighted by atomic mass is 9.99. The Balaban J connectivity index is 2.06. The molecular weight excluding hydrogens is 353 g/mol. The van der Waals surface area contributed by atoms with Crippen LogP contribution in [-0.2, 0) is 10.5 Å². The highest BCUT2D eigenvalue weighted by Gasteiger charge is 2.62. The molecule has 1 N–H and O–H groups in total. The van der Waals surface area contributed by atoms with Crippen molar-refractivity contribution >= 4 is 23.4 Å². The summed E-state index contributed by atoms with van der Waals surface area (Å²) >= 11 is 1.19. The van der Waals surface area contributed by atoms with Gasteiger partial charge in [-0.15, -0.1) is 11.8 Å². The molecular formula is C17H21F3N2O2S. The maximum Gasteiger partial charge on any atom is 0.438 e. The van der Waals surface area contributed by atoms with E-state index in [9.17, 15) is 23.1 Å². The number of rotatable bonds is 6. The van der Waals surface area contributed by atoms with Gasteiger partial charge in [0.05, 0.1) is 5.75 Å². The van der Waals surface area contributed by atoms with Crippen LogP contribution in [0.4, 0.5) is 13.2 Å². The molecule has 0 aromatic heterocycles. The van der Waals surface area contributed by atoms with E-state index in [0.29, 0.717) is 12.2 Å². The summed E-state index contributed by atoms with van der Waals surface area (Å²) < 4.78 is 40.0. The van der Waals surface area contributed by atoms with Gasteiger partial charge in [0, 0.05) is 17.9 Å². The van der Waals surface area contributed by atoms with Gasteiger partial charge < -0.3 is 5.11 Å². The molecule has 0 unspecified atom stereocenters. The molecule has 1 heterocycles. The number of hydrogen-bond acceptors (Lipinski definition) is 4. The third-order valence-electron chi connectivity index (χ3n) is 3.71. The van der Waals surface area contributed by atoms with Crippen LogP contribution in [-0.4, -0.2) is 39.4 Å². The van der Waals surface area contributed by atoms with Crippen molar-refractivity contribution in [2.24, 2.45) is 11.0 Å². The Morgan fingerprint density at radius 3 is 2.56 bits per heavy atom. The second-order valence-electron chi connectivity index (χ2n) is 6.44. The van der Waals surface area contributed by atoms with Gasteiger partial charge in [-0.25, -0.2) is 0 Å². The summed E-state index contributed by atoms with van der Waals surface area (Å²) in [7, 11) is 0. The number of aliphatic hydroxyl groups is 1. The van der Waals surface area contributed by atoms with Crippen molar-refractivity contribution in [3.63, 3.8) is 0 Å². The Kier molecular flexibility index (Phi) is 6.16. The van der Waals surface area contributed by atoms with Crippen LogP contribution >= 0.6 is 11.8 Å². The van der Waals surface area contributed by atoms with E-state index >= 15 is 0 Å². The van der Waals surface area contributed by atoms with E-state index in [-0.39, 0.29) is 22.4 Å². The second kappa shape index (κ2) is 7.78. The highest BCUT2D eigenvalue weighted by atomic mass is 32.2. The summed E-state index contributed by atoms with van der Waals surface area (Å²) in [6, 6.07) is 9.31. The maximum atomic E-state index is 13.3. The molecule has 1 amide bonds. The standard InChI is InChI=1S/C17H21F3N2O2S/c1-12(2)8-14-9-16(24,17(18,19)20)22(21-14)15(23)11-25-10-13-6-4-3-5-7-13/h3-7,12,24H,8-11H2,1-2H3/t16-/m0/s1. The fourth-order valence-corrected chi connectivity index (χ4v) is 3.40. The highest BCUT2D eigenvalue weighted by molar-refractivity contribution is 7.99. The molecule has 0 saturated carbocycles. The van der Waals surface area contributed by atoms with Gasteiger partial charge in [0.2, 0.25) is 0 Å². The highest BCUT2D eigenvalue weighted by Crippen LogP contribution is 2.41. The summed E-state index contributed by atoms with van der Waals surface area (Å²) in [6.07, 6.45) is -5.35. The summed E-state index contributed by atoms with van der Waals surface area (Å²) in [4.78, 5) is 12.3. The van der Waals surface area contributed by atoms with E-state index in [2.05, 4.69) is 5.10 Å². The topological polar surface area (TPSA) is 52.9 Å². The minimum atomic E-state index is -4.96. The molecule has 0 radical (unpaired) electrons. The first-order chi connectivity index (χ1) is 11.6. The molecule has 1 aliphatic rings. The number of thioether (sulfide) groups is 1. The van der Waals surface area contributed by atoms with Gasteiger partial charge in [-0.05, 0) is 17.9 Å². The van der Waals surface area contributed by atoms with Crippen LogP contribution in [0.25, 0.3) is 0 Å². The zero-order chi connectivity index (χ0) is 18.7. The number of hydrogen-bond donors (Lipinski definition) is 1. The van der Waals surface area contributed by atoms with Crippen LogP contribution in [0.3, 0.4) is 0 Å². The van der Waals surface area contributed by atoms with Crippen LogP contribution in [0.5, 0.6) is 0 Å². The average Bonchev–Trinajstić information content (AvgIpc) is 2.85. The molecule has 4 nitrogen and oxygen atoms in total. The number of alkyl halides is 3. The van der Waals surface area contributed by atoms with Crippen molar-refractivity contribution in [1.82, 2.24) is 5.01 Å². The zero-order valence-electron chi connectivity index (χ0n) is 14.1. The monoisotopic (exact) mass is 374 g/mol. The molecule has 1 aromatic carbocycles. The molecule has 1 atom stereocenters. The molecule has 0 saturated heterocycles. The number of hydrazone groups is 1. The fourth-order valence-electron chi connectivity index (χ4n) is 2.58. The lowest BCUT2D eigenvalue weighted by molar-refractivity contribution is -0.301. The minimum Gasteiger partial charge on any atom is -0.362 e. The summed E-state index contributed by atoms with van der Waals surface area (Å²) in [5.74, 6) is -0.461. The predicted octanol–water partition coefficient (Wildman–Crippen LogP) is 3.81. The molecule has 8 heteroatoms. The largest absolute Gasteiger partial charge is 0.438 e. The summed E-state index contributed by atoms with van der Waals surface area (Å²) in [5.41, 5.74) is -2.09. The first-order valence-electron chi connectivity index (χ1n) is 7.93. The molecule has 138 valence electrons. The van der Waals surface area contributed by atoms with Gasteiger partial charge in [-0.1, -0.05) is 44.2 Å². The third kappa shape index (κ3) is 4.76. The van der Waals surface area contributed by atoms with E-state index in [1.54, 1.807) is 0 Å². The molecule has 1 aliphatic heterocycles. The molecule has 0 fully saturated rings. The van der Waals surface area contributed by atoms with Gasteiger partial charge >= 0.3 is 6.18 Å². The number of halogens is 3. The second-order valence-corrected chi connectivity index (χ2v) is 7.42. The van der Waals surface area contributed by atoms with E-state index in [1.165, 1.54) is 11.8 Å². The third-order valence-corrected chi connectivity index (χ3v) is 4.70. The fraction of sp³-hybridized carbons (Fsp3) is 0.529. The van der Waals surface area contributed by atoms with Gasteiger partial charge in [-0.2, -0.15) is 23.3 Å². The van der Waals surface area contributed by atoms with Gasteiger partial charge in [-0.3, -0.25) is 4.79 Å².